The Hall–Kier alpha value is -1.65. The minimum atomic E-state index is -0.542. The molecular formula is C12H16O5. The molecule has 1 rings (SSSR count). The molecule has 0 aromatic carbocycles. The van der Waals surface area contributed by atoms with Crippen LogP contribution in [0.2, 0.25) is 0 Å². The quantitative estimate of drug-likeness (QED) is 0.400. The highest BCUT2D eigenvalue weighted by atomic mass is 16.6. The fourth-order valence-electron chi connectivity index (χ4n) is 1.64. The van der Waals surface area contributed by atoms with Gasteiger partial charge in [0.05, 0.1) is 7.11 Å². The van der Waals surface area contributed by atoms with Gasteiger partial charge in [-0.1, -0.05) is 6.42 Å². The third-order valence-electron chi connectivity index (χ3n) is 2.73. The molecule has 0 fully saturated rings. The first-order chi connectivity index (χ1) is 8.06. The zero-order valence-corrected chi connectivity index (χ0v) is 10.1. The van der Waals surface area contributed by atoms with Crippen LogP contribution in [0.1, 0.15) is 39.0 Å². The second-order valence-electron chi connectivity index (χ2n) is 3.92. The van der Waals surface area contributed by atoms with Crippen LogP contribution >= 0.6 is 0 Å². The highest BCUT2D eigenvalue weighted by molar-refractivity contribution is 6.11. The highest BCUT2D eigenvalue weighted by Gasteiger charge is 2.28. The number of esters is 3. The van der Waals surface area contributed by atoms with E-state index in [4.69, 9.17) is 0 Å². The van der Waals surface area contributed by atoms with Crippen molar-refractivity contribution in [2.24, 2.45) is 0 Å². The van der Waals surface area contributed by atoms with Gasteiger partial charge in [0, 0.05) is 17.6 Å². The first kappa shape index (κ1) is 13.4. The van der Waals surface area contributed by atoms with Crippen molar-refractivity contribution in [2.45, 2.75) is 39.0 Å². The second-order valence-corrected chi connectivity index (χ2v) is 3.92. The normalized spacial score (nSPS) is 15.2. The number of hydrogen-bond donors (Lipinski definition) is 0. The van der Waals surface area contributed by atoms with Crippen molar-refractivity contribution >= 4 is 17.9 Å². The van der Waals surface area contributed by atoms with Gasteiger partial charge >= 0.3 is 17.9 Å². The molecule has 0 aromatic heterocycles. The number of carbonyl (C=O) groups is 3. The summed E-state index contributed by atoms with van der Waals surface area (Å²) >= 11 is 0. The zero-order chi connectivity index (χ0) is 12.8. The van der Waals surface area contributed by atoms with Gasteiger partial charge in [0.2, 0.25) is 0 Å². The molecule has 0 spiro atoms. The van der Waals surface area contributed by atoms with Gasteiger partial charge in [-0.25, -0.2) is 9.59 Å². The Morgan fingerprint density at radius 3 is 2.41 bits per heavy atom. The van der Waals surface area contributed by atoms with Crippen molar-refractivity contribution < 1.29 is 23.9 Å². The van der Waals surface area contributed by atoms with Crippen LogP contribution in [0.5, 0.6) is 0 Å². The number of methoxy groups -OCH3 is 1. The highest BCUT2D eigenvalue weighted by Crippen LogP contribution is 2.22. The monoisotopic (exact) mass is 240 g/mol. The summed E-state index contributed by atoms with van der Waals surface area (Å²) in [6.45, 7) is 1.59. The van der Waals surface area contributed by atoms with Gasteiger partial charge in [0.1, 0.15) is 0 Å². The third-order valence-corrected chi connectivity index (χ3v) is 2.73. The van der Waals surface area contributed by atoms with Crippen LogP contribution < -0.4 is 0 Å². The van der Waals surface area contributed by atoms with Crippen LogP contribution in [-0.2, 0) is 23.9 Å². The maximum Gasteiger partial charge on any atom is 0.342 e. The van der Waals surface area contributed by atoms with Gasteiger partial charge in [0.25, 0.3) is 0 Å². The molecule has 0 radical (unpaired) electrons. The maximum atomic E-state index is 11.2. The smallest absolute Gasteiger partial charge is 0.342 e. The summed E-state index contributed by atoms with van der Waals surface area (Å²) in [5, 5.41) is 0. The Bertz CT molecular complexity index is 367. The summed E-state index contributed by atoms with van der Waals surface area (Å²) in [6, 6.07) is 0. The summed E-state index contributed by atoms with van der Waals surface area (Å²) < 4.78 is 8.98. The fraction of sp³-hybridized carbons (Fsp3) is 0.583. The van der Waals surface area contributed by atoms with Crippen LogP contribution in [0.25, 0.3) is 0 Å². The Kier molecular flexibility index (Phi) is 4.87. The third kappa shape index (κ3) is 3.69. The van der Waals surface area contributed by atoms with Gasteiger partial charge in [-0.15, -0.1) is 0 Å². The lowest BCUT2D eigenvalue weighted by Crippen LogP contribution is -2.02. The summed E-state index contributed by atoms with van der Waals surface area (Å²) in [5.41, 5.74) is 0.871. The van der Waals surface area contributed by atoms with E-state index in [9.17, 15) is 14.4 Å². The van der Waals surface area contributed by atoms with Crippen LogP contribution in [-0.4, -0.2) is 25.0 Å². The Labute approximate surface area is 99.8 Å². The molecule has 1 heterocycles. The number of rotatable bonds is 6. The number of hydrogen-bond acceptors (Lipinski definition) is 5. The van der Waals surface area contributed by atoms with E-state index in [-0.39, 0.29) is 5.97 Å². The summed E-state index contributed by atoms with van der Waals surface area (Å²) in [6.07, 6.45) is 3.21. The molecule has 0 aliphatic carbocycles. The maximum absolute atomic E-state index is 11.2. The molecule has 5 heteroatoms. The van der Waals surface area contributed by atoms with Gasteiger partial charge in [-0.05, 0) is 26.2 Å². The average Bonchev–Trinajstić information content (AvgIpc) is 2.54. The van der Waals surface area contributed by atoms with Crippen molar-refractivity contribution in [2.75, 3.05) is 7.11 Å². The molecule has 5 nitrogen and oxygen atoms in total. The van der Waals surface area contributed by atoms with Crippen LogP contribution in [0.4, 0.5) is 0 Å². The van der Waals surface area contributed by atoms with Gasteiger partial charge in [0.15, 0.2) is 0 Å². The van der Waals surface area contributed by atoms with Crippen molar-refractivity contribution in [3.63, 3.8) is 0 Å². The molecule has 0 saturated carbocycles. The van der Waals surface area contributed by atoms with E-state index in [0.717, 1.165) is 19.3 Å². The average molecular weight is 240 g/mol. The lowest BCUT2D eigenvalue weighted by Gasteiger charge is -2.00. The Balaban J connectivity index is 2.25. The van der Waals surface area contributed by atoms with Gasteiger partial charge < -0.3 is 9.47 Å². The number of carbonyl (C=O) groups excluding carboxylic acids is 3. The molecule has 0 aromatic rings. The minimum Gasteiger partial charge on any atom is -0.469 e. The fourth-order valence-corrected chi connectivity index (χ4v) is 1.64. The molecule has 0 saturated heterocycles. The predicted molar refractivity (Wildman–Crippen MR) is 58.9 cm³/mol. The summed E-state index contributed by atoms with van der Waals surface area (Å²) in [5.74, 6) is -1.30. The van der Waals surface area contributed by atoms with E-state index in [1.807, 2.05) is 0 Å². The minimum absolute atomic E-state index is 0.226. The van der Waals surface area contributed by atoms with Crippen molar-refractivity contribution in [1.82, 2.24) is 0 Å². The van der Waals surface area contributed by atoms with Crippen LogP contribution in [0, 0.1) is 0 Å². The second kappa shape index (κ2) is 6.18. The molecule has 0 atom stereocenters. The van der Waals surface area contributed by atoms with Crippen molar-refractivity contribution in [3.8, 4) is 0 Å². The first-order valence-electron chi connectivity index (χ1n) is 5.59. The van der Waals surface area contributed by atoms with Crippen LogP contribution in [0.15, 0.2) is 11.1 Å². The number of cyclic esters (lactones) is 2. The molecule has 0 N–H and O–H groups in total. The predicted octanol–water partition coefficient (Wildman–Crippen LogP) is 1.51. The molecule has 17 heavy (non-hydrogen) atoms. The first-order valence-corrected chi connectivity index (χ1v) is 5.59. The molecule has 1 aliphatic rings. The lowest BCUT2D eigenvalue weighted by molar-refractivity contribution is -0.151. The van der Waals surface area contributed by atoms with E-state index < -0.39 is 11.9 Å². The largest absolute Gasteiger partial charge is 0.469 e. The molecule has 94 valence electrons. The molecule has 0 bridgehead atoms. The molecular weight excluding hydrogens is 224 g/mol. The standard InChI is InChI=1S/C12H16O5/c1-8-9(12(15)17-11(8)14)6-4-3-5-7-10(13)16-2/h3-7H2,1-2H3. The summed E-state index contributed by atoms with van der Waals surface area (Å²) in [4.78, 5) is 33.1. The van der Waals surface area contributed by atoms with Gasteiger partial charge in [-0.2, -0.15) is 0 Å². The van der Waals surface area contributed by atoms with Crippen LogP contribution in [0.3, 0.4) is 0 Å². The topological polar surface area (TPSA) is 69.7 Å². The Morgan fingerprint density at radius 1 is 1.18 bits per heavy atom. The van der Waals surface area contributed by atoms with E-state index >= 15 is 0 Å². The van der Waals surface area contributed by atoms with E-state index in [1.165, 1.54) is 7.11 Å². The van der Waals surface area contributed by atoms with E-state index in [1.54, 1.807) is 6.92 Å². The molecule has 1 aliphatic heterocycles. The van der Waals surface area contributed by atoms with Crippen molar-refractivity contribution in [3.05, 3.63) is 11.1 Å². The van der Waals surface area contributed by atoms with Gasteiger partial charge in [-0.3, -0.25) is 4.79 Å². The molecule has 0 unspecified atom stereocenters. The number of unbranched alkanes of at least 4 members (excludes halogenated alkanes) is 2. The van der Waals surface area contributed by atoms with E-state index in [2.05, 4.69) is 9.47 Å². The van der Waals surface area contributed by atoms with Crippen molar-refractivity contribution in [1.29, 1.82) is 0 Å². The Morgan fingerprint density at radius 2 is 1.88 bits per heavy atom. The SMILES string of the molecule is COC(=O)CCCCCC1=C(C)C(=O)OC1=O. The molecule has 0 amide bonds. The lowest BCUT2D eigenvalue weighted by atomic mass is 10.0. The zero-order valence-electron chi connectivity index (χ0n) is 10.1. The van der Waals surface area contributed by atoms with E-state index in [0.29, 0.717) is 24.0 Å². The summed E-state index contributed by atoms with van der Waals surface area (Å²) in [7, 11) is 1.36. The number of ether oxygens (including phenoxy) is 2.